The predicted molar refractivity (Wildman–Crippen MR) is 125 cm³/mol. The van der Waals surface area contributed by atoms with Crippen LogP contribution in [0.5, 0.6) is 5.88 Å². The van der Waals surface area contributed by atoms with Crippen LogP contribution in [0.2, 0.25) is 0 Å². The number of aromatic nitrogens is 2. The number of aryl methyl sites for hydroxylation is 1. The molecule has 0 saturated carbocycles. The number of carbonyl (C=O) groups is 1. The fraction of sp³-hybridized carbons (Fsp3) is 0.320. The molecule has 1 amide bonds. The molecule has 0 aliphatic carbocycles. The summed E-state index contributed by atoms with van der Waals surface area (Å²) >= 11 is 0. The van der Waals surface area contributed by atoms with Crippen LogP contribution < -0.4 is 15.0 Å². The van der Waals surface area contributed by atoms with Gasteiger partial charge < -0.3 is 24.8 Å². The maximum Gasteiger partial charge on any atom is 0.407 e. The summed E-state index contributed by atoms with van der Waals surface area (Å²) in [4.78, 5) is 22.7. The zero-order valence-electron chi connectivity index (χ0n) is 18.8. The van der Waals surface area contributed by atoms with Crippen molar-refractivity contribution in [2.45, 2.75) is 32.7 Å². The van der Waals surface area contributed by atoms with Crippen molar-refractivity contribution in [2.75, 3.05) is 25.0 Å². The van der Waals surface area contributed by atoms with Crippen molar-refractivity contribution in [3.05, 3.63) is 71.5 Å². The first kappa shape index (κ1) is 22.5. The minimum absolute atomic E-state index is 0.0222. The maximum absolute atomic E-state index is 11.5. The van der Waals surface area contributed by atoms with Gasteiger partial charge in [0.25, 0.3) is 0 Å². The molecule has 1 saturated heterocycles. The second-order valence-electron chi connectivity index (χ2n) is 7.95. The Morgan fingerprint density at radius 1 is 1.21 bits per heavy atom. The fourth-order valence-corrected chi connectivity index (χ4v) is 3.90. The molecule has 0 spiro atoms. The Hall–Kier alpha value is -3.65. The van der Waals surface area contributed by atoms with Crippen LogP contribution in [0.25, 0.3) is 11.3 Å². The normalized spacial score (nSPS) is 15.4. The number of pyridine rings is 2. The molecule has 0 bridgehead atoms. The first-order chi connectivity index (χ1) is 16.1. The number of nitrogens with one attached hydrogen (secondary N) is 1. The average Bonchev–Trinajstić information content (AvgIpc) is 3.32. The van der Waals surface area contributed by atoms with Crippen molar-refractivity contribution in [2.24, 2.45) is 0 Å². The van der Waals surface area contributed by atoms with E-state index in [9.17, 15) is 9.90 Å². The summed E-state index contributed by atoms with van der Waals surface area (Å²) in [5.74, 6) is 0.624. The molecule has 0 radical (unpaired) electrons. The Morgan fingerprint density at radius 3 is 2.82 bits per heavy atom. The number of benzene rings is 1. The Labute approximate surface area is 193 Å². The molecule has 1 aliphatic heterocycles. The van der Waals surface area contributed by atoms with E-state index in [2.05, 4.69) is 15.2 Å². The van der Waals surface area contributed by atoms with Crippen LogP contribution in [-0.2, 0) is 18.0 Å². The molecule has 1 aromatic carbocycles. The molecular weight excluding hydrogens is 420 g/mol. The van der Waals surface area contributed by atoms with Gasteiger partial charge in [0.15, 0.2) is 0 Å². The first-order valence-corrected chi connectivity index (χ1v) is 10.9. The molecule has 1 atom stereocenters. The van der Waals surface area contributed by atoms with E-state index < -0.39 is 6.09 Å². The molecule has 4 rings (SSSR count). The molecule has 3 aromatic rings. The highest BCUT2D eigenvalue weighted by Gasteiger charge is 2.26. The van der Waals surface area contributed by atoms with Gasteiger partial charge in [0.2, 0.25) is 5.88 Å². The van der Waals surface area contributed by atoms with E-state index >= 15 is 0 Å². The molecular formula is C25H28N4O4. The number of rotatable bonds is 7. The summed E-state index contributed by atoms with van der Waals surface area (Å²) in [5.41, 5.74) is 5.00. The van der Waals surface area contributed by atoms with E-state index in [1.807, 2.05) is 55.5 Å². The fourth-order valence-electron chi connectivity index (χ4n) is 3.90. The highest BCUT2D eigenvalue weighted by atomic mass is 16.5. The third kappa shape index (κ3) is 5.40. The molecule has 172 valence electrons. The molecule has 2 aromatic heterocycles. The number of amides is 1. The molecule has 8 nitrogen and oxygen atoms in total. The van der Waals surface area contributed by atoms with Gasteiger partial charge in [0.05, 0.1) is 30.2 Å². The van der Waals surface area contributed by atoms with Gasteiger partial charge in [0, 0.05) is 37.8 Å². The second kappa shape index (κ2) is 10.3. The minimum Gasteiger partial charge on any atom is -0.472 e. The summed E-state index contributed by atoms with van der Waals surface area (Å²) in [6.45, 7) is 3.45. The largest absolute Gasteiger partial charge is 0.472 e. The number of carbonyl (C=O) groups excluding carboxylic acids is 1. The lowest BCUT2D eigenvalue weighted by atomic mass is 10.0. The number of alkyl carbamates (subject to hydrolysis) is 1. The van der Waals surface area contributed by atoms with Crippen LogP contribution in [0, 0.1) is 6.92 Å². The van der Waals surface area contributed by atoms with Gasteiger partial charge in [-0.3, -0.25) is 0 Å². The molecule has 33 heavy (non-hydrogen) atoms. The van der Waals surface area contributed by atoms with Crippen molar-refractivity contribution in [1.82, 2.24) is 15.3 Å². The number of anilines is 1. The highest BCUT2D eigenvalue weighted by molar-refractivity contribution is 5.69. The number of hydrogen-bond acceptors (Lipinski definition) is 7. The Bertz CT molecular complexity index is 1100. The highest BCUT2D eigenvalue weighted by Crippen LogP contribution is 2.30. The van der Waals surface area contributed by atoms with E-state index in [1.165, 1.54) is 7.05 Å². The lowest BCUT2D eigenvalue weighted by Crippen LogP contribution is -2.26. The molecule has 1 unspecified atom stereocenters. The summed E-state index contributed by atoms with van der Waals surface area (Å²) in [6.07, 6.45) is 2.19. The Morgan fingerprint density at radius 2 is 2.06 bits per heavy atom. The van der Waals surface area contributed by atoms with Crippen LogP contribution in [-0.4, -0.2) is 47.4 Å². The summed E-state index contributed by atoms with van der Waals surface area (Å²) in [6, 6.07) is 15.4. The molecule has 1 aliphatic rings. The van der Waals surface area contributed by atoms with Crippen molar-refractivity contribution < 1.29 is 19.4 Å². The molecule has 3 heterocycles. The zero-order chi connectivity index (χ0) is 23.2. The van der Waals surface area contributed by atoms with Gasteiger partial charge in [-0.15, -0.1) is 0 Å². The average molecular weight is 449 g/mol. The van der Waals surface area contributed by atoms with Crippen LogP contribution in [0.3, 0.4) is 0 Å². The number of hydrogen-bond donors (Lipinski definition) is 2. The lowest BCUT2D eigenvalue weighted by molar-refractivity contribution is 0.142. The number of ether oxygens (including phenoxy) is 2. The summed E-state index contributed by atoms with van der Waals surface area (Å²) in [7, 11) is 1.52. The predicted octanol–water partition coefficient (Wildman–Crippen LogP) is 3.46. The van der Waals surface area contributed by atoms with Crippen molar-refractivity contribution >= 4 is 11.8 Å². The first-order valence-electron chi connectivity index (χ1n) is 10.9. The third-order valence-corrected chi connectivity index (χ3v) is 5.61. The molecule has 8 heteroatoms. The smallest absolute Gasteiger partial charge is 0.407 e. The van der Waals surface area contributed by atoms with Gasteiger partial charge in [-0.2, -0.15) is 0 Å². The maximum atomic E-state index is 11.5. The number of aliphatic hydroxyl groups is 1. The second-order valence-corrected chi connectivity index (χ2v) is 7.95. The zero-order valence-corrected chi connectivity index (χ0v) is 18.8. The van der Waals surface area contributed by atoms with Crippen molar-refractivity contribution in [1.29, 1.82) is 0 Å². The summed E-state index contributed by atoms with van der Waals surface area (Å²) in [5, 5.41) is 12.5. The van der Waals surface area contributed by atoms with E-state index in [0.717, 1.165) is 41.0 Å². The van der Waals surface area contributed by atoms with Gasteiger partial charge in [-0.25, -0.2) is 14.8 Å². The Balaban J connectivity index is 1.50. The lowest BCUT2D eigenvalue weighted by Gasteiger charge is -2.22. The van der Waals surface area contributed by atoms with Gasteiger partial charge in [-0.05, 0) is 30.2 Å². The monoisotopic (exact) mass is 448 g/mol. The standard InChI is InChI=1S/C25H28N4O4/c1-17-7-10-24(27-13-17)33-19-11-12-29(14-19)23-9-8-21(28-22(23)15-30)20-6-4-3-5-18(20)16-32-25(31)26-2/h3-10,13,19,30H,11-12,14-16H2,1-2H3,(H,26,31). The van der Waals surface area contributed by atoms with Crippen LogP contribution >= 0.6 is 0 Å². The molecule has 2 N–H and O–H groups in total. The third-order valence-electron chi connectivity index (χ3n) is 5.61. The Kier molecular flexibility index (Phi) is 7.04. The van der Waals surface area contributed by atoms with Gasteiger partial charge in [0.1, 0.15) is 12.7 Å². The minimum atomic E-state index is -0.490. The van der Waals surface area contributed by atoms with E-state index in [0.29, 0.717) is 18.1 Å². The van der Waals surface area contributed by atoms with E-state index in [1.54, 1.807) is 6.20 Å². The quantitative estimate of drug-likeness (QED) is 0.571. The van der Waals surface area contributed by atoms with Crippen molar-refractivity contribution in [3.8, 4) is 17.1 Å². The van der Waals surface area contributed by atoms with Crippen molar-refractivity contribution in [3.63, 3.8) is 0 Å². The van der Waals surface area contributed by atoms with Crippen LogP contribution in [0.1, 0.15) is 23.2 Å². The van der Waals surface area contributed by atoms with Gasteiger partial charge in [-0.1, -0.05) is 30.3 Å². The number of nitrogens with zero attached hydrogens (tertiary/aromatic N) is 3. The molecule has 1 fully saturated rings. The summed E-state index contributed by atoms with van der Waals surface area (Å²) < 4.78 is 11.3. The van der Waals surface area contributed by atoms with Crippen LogP contribution in [0.15, 0.2) is 54.7 Å². The SMILES string of the molecule is CNC(=O)OCc1ccccc1-c1ccc(N2CCC(Oc3ccc(C)cn3)C2)c(CO)n1. The van der Waals surface area contributed by atoms with E-state index in [-0.39, 0.29) is 19.3 Å². The van der Waals surface area contributed by atoms with E-state index in [4.69, 9.17) is 14.5 Å². The van der Waals surface area contributed by atoms with Gasteiger partial charge >= 0.3 is 6.09 Å². The van der Waals surface area contributed by atoms with Crippen LogP contribution in [0.4, 0.5) is 10.5 Å². The topological polar surface area (TPSA) is 96.8 Å². The number of aliphatic hydroxyl groups excluding tert-OH is 1.